The SMILES string of the molecule is COC(=O)c1ccc(-c2c3cc(Br)c(=N)cc-3oc3cc(N(C)C)c(Br)cc23)cc1. The minimum Gasteiger partial charge on any atom is -0.465 e. The number of nitrogens with zero attached hydrogens (tertiary/aromatic N) is 1. The van der Waals surface area contributed by atoms with E-state index in [0.29, 0.717) is 26.7 Å². The van der Waals surface area contributed by atoms with E-state index in [1.165, 1.54) is 7.11 Å². The van der Waals surface area contributed by atoms with E-state index in [9.17, 15) is 4.79 Å². The zero-order chi connectivity index (χ0) is 21.6. The van der Waals surface area contributed by atoms with Crippen LogP contribution in [0.4, 0.5) is 5.69 Å². The molecule has 0 atom stereocenters. The molecule has 0 unspecified atom stereocenters. The second-order valence-corrected chi connectivity index (χ2v) is 8.78. The van der Waals surface area contributed by atoms with E-state index in [2.05, 4.69) is 31.9 Å². The van der Waals surface area contributed by atoms with Crippen LogP contribution in [0.25, 0.3) is 33.4 Å². The van der Waals surface area contributed by atoms with E-state index in [-0.39, 0.29) is 5.97 Å². The number of hydrogen-bond acceptors (Lipinski definition) is 5. The Bertz CT molecular complexity index is 1310. The predicted octanol–water partition coefficient (Wildman–Crippen LogP) is 6.06. The number of benzene rings is 3. The quantitative estimate of drug-likeness (QED) is 0.258. The molecule has 7 heteroatoms. The summed E-state index contributed by atoms with van der Waals surface area (Å²) in [6, 6.07) is 14.9. The van der Waals surface area contributed by atoms with Gasteiger partial charge >= 0.3 is 5.97 Å². The molecule has 0 spiro atoms. The van der Waals surface area contributed by atoms with E-state index in [4.69, 9.17) is 14.6 Å². The first-order valence-electron chi connectivity index (χ1n) is 9.10. The lowest BCUT2D eigenvalue weighted by atomic mass is 9.93. The molecule has 152 valence electrons. The first kappa shape index (κ1) is 20.6. The third kappa shape index (κ3) is 3.52. The van der Waals surface area contributed by atoms with Crippen LogP contribution in [0.1, 0.15) is 10.4 Å². The molecular weight excluding hydrogens is 512 g/mol. The molecule has 0 radical (unpaired) electrons. The Morgan fingerprint density at radius 2 is 1.73 bits per heavy atom. The number of methoxy groups -OCH3 is 1. The van der Waals surface area contributed by atoms with Gasteiger partial charge in [-0.1, -0.05) is 12.1 Å². The van der Waals surface area contributed by atoms with E-state index in [0.717, 1.165) is 32.2 Å². The molecule has 1 aliphatic carbocycles. The molecule has 1 N–H and O–H groups in total. The van der Waals surface area contributed by atoms with Crippen molar-refractivity contribution >= 4 is 54.5 Å². The highest BCUT2D eigenvalue weighted by Gasteiger charge is 2.20. The molecular formula is C23H18Br2N2O3. The number of halogens is 2. The third-order valence-corrected chi connectivity index (χ3v) is 6.24. The fourth-order valence-electron chi connectivity index (χ4n) is 3.46. The first-order chi connectivity index (χ1) is 14.3. The molecule has 1 aliphatic heterocycles. The van der Waals surface area contributed by atoms with Crippen LogP contribution >= 0.6 is 31.9 Å². The maximum absolute atomic E-state index is 11.8. The number of nitrogens with one attached hydrogen (secondary N) is 1. The second kappa shape index (κ2) is 7.89. The normalized spacial score (nSPS) is 11.1. The average molecular weight is 530 g/mol. The average Bonchev–Trinajstić information content (AvgIpc) is 2.72. The molecule has 2 aromatic carbocycles. The zero-order valence-corrected chi connectivity index (χ0v) is 19.7. The van der Waals surface area contributed by atoms with Crippen molar-refractivity contribution in [2.24, 2.45) is 0 Å². The summed E-state index contributed by atoms with van der Waals surface area (Å²) in [4.78, 5) is 13.8. The van der Waals surface area contributed by atoms with Crippen molar-refractivity contribution in [3.05, 3.63) is 68.4 Å². The van der Waals surface area contributed by atoms with Crippen LogP contribution in [-0.2, 0) is 4.74 Å². The maximum atomic E-state index is 11.8. The van der Waals surface area contributed by atoms with Crippen molar-refractivity contribution in [1.29, 1.82) is 5.41 Å². The molecule has 0 saturated heterocycles. The topological polar surface area (TPSA) is 66.5 Å². The lowest BCUT2D eigenvalue weighted by Gasteiger charge is -2.19. The Hall–Kier alpha value is -2.64. The zero-order valence-electron chi connectivity index (χ0n) is 16.5. The number of anilines is 1. The summed E-state index contributed by atoms with van der Waals surface area (Å²) >= 11 is 7.14. The Morgan fingerprint density at radius 3 is 2.37 bits per heavy atom. The number of carbonyl (C=O) groups is 1. The molecule has 2 aliphatic rings. The van der Waals surface area contributed by atoms with Crippen molar-refractivity contribution in [3.63, 3.8) is 0 Å². The standard InChI is InChI=1S/C23H18Br2N2O3/c1-27(2)19-11-21-15(9-17(19)25)22(12-4-6-13(7-5-12)23(28)29-3)14-8-16(24)18(26)10-20(14)30-21/h4-11,26H,1-3H3. The summed E-state index contributed by atoms with van der Waals surface area (Å²) in [7, 11) is 5.31. The lowest BCUT2D eigenvalue weighted by Crippen LogP contribution is -2.09. The van der Waals surface area contributed by atoms with Gasteiger partial charge in [-0.2, -0.15) is 0 Å². The largest absolute Gasteiger partial charge is 0.465 e. The van der Waals surface area contributed by atoms with E-state index in [1.54, 1.807) is 18.2 Å². The van der Waals surface area contributed by atoms with Crippen LogP contribution < -0.4 is 10.3 Å². The number of hydrogen-bond donors (Lipinski definition) is 1. The Kier molecular flexibility index (Phi) is 5.42. The predicted molar refractivity (Wildman–Crippen MR) is 125 cm³/mol. The van der Waals surface area contributed by atoms with Gasteiger partial charge in [-0.3, -0.25) is 5.41 Å². The van der Waals surface area contributed by atoms with Crippen molar-refractivity contribution < 1.29 is 13.9 Å². The van der Waals surface area contributed by atoms with E-state index in [1.807, 2.05) is 49.3 Å². The molecule has 30 heavy (non-hydrogen) atoms. The number of ether oxygens (including phenoxy) is 1. The second-order valence-electron chi connectivity index (χ2n) is 7.07. The molecule has 1 heterocycles. The molecule has 2 aromatic rings. The van der Waals surface area contributed by atoms with Gasteiger partial charge < -0.3 is 14.1 Å². The van der Waals surface area contributed by atoms with Gasteiger partial charge in [0.05, 0.1) is 23.7 Å². The highest BCUT2D eigenvalue weighted by Crippen LogP contribution is 2.43. The molecule has 0 fully saturated rings. The van der Waals surface area contributed by atoms with Crippen LogP contribution in [0.5, 0.6) is 0 Å². The Labute approximate surface area is 190 Å². The van der Waals surface area contributed by atoms with Gasteiger partial charge in [-0.05, 0) is 61.7 Å². The van der Waals surface area contributed by atoms with Gasteiger partial charge in [0, 0.05) is 51.7 Å². The van der Waals surface area contributed by atoms with Gasteiger partial charge in [-0.15, -0.1) is 0 Å². The Balaban J connectivity index is 2.09. The van der Waals surface area contributed by atoms with Gasteiger partial charge in [0.1, 0.15) is 11.3 Å². The fraction of sp³-hybridized carbons (Fsp3) is 0.130. The van der Waals surface area contributed by atoms with Crippen molar-refractivity contribution in [2.45, 2.75) is 0 Å². The summed E-state index contributed by atoms with van der Waals surface area (Å²) in [6.45, 7) is 0. The number of fused-ring (bicyclic) bond motifs is 2. The van der Waals surface area contributed by atoms with Crippen molar-refractivity contribution in [2.75, 3.05) is 26.1 Å². The molecule has 0 saturated carbocycles. The van der Waals surface area contributed by atoms with Gasteiger partial charge in [0.25, 0.3) is 0 Å². The molecule has 4 rings (SSSR count). The third-order valence-electron chi connectivity index (χ3n) is 4.95. The summed E-state index contributed by atoms with van der Waals surface area (Å²) in [5.74, 6) is 0.245. The summed E-state index contributed by atoms with van der Waals surface area (Å²) in [6.07, 6.45) is 0. The maximum Gasteiger partial charge on any atom is 0.337 e. The van der Waals surface area contributed by atoms with Crippen LogP contribution in [-0.4, -0.2) is 27.2 Å². The molecule has 0 amide bonds. The minimum absolute atomic E-state index is 0.350. The highest BCUT2D eigenvalue weighted by molar-refractivity contribution is 9.10. The van der Waals surface area contributed by atoms with Gasteiger partial charge in [0.15, 0.2) is 0 Å². The minimum atomic E-state index is -0.376. The van der Waals surface area contributed by atoms with E-state index >= 15 is 0 Å². The summed E-state index contributed by atoms with van der Waals surface area (Å²) in [5.41, 5.74) is 4.96. The summed E-state index contributed by atoms with van der Waals surface area (Å²) in [5, 5.41) is 9.43. The monoisotopic (exact) mass is 528 g/mol. The number of rotatable bonds is 3. The van der Waals surface area contributed by atoms with Crippen LogP contribution in [0.2, 0.25) is 0 Å². The first-order valence-corrected chi connectivity index (χ1v) is 10.7. The highest BCUT2D eigenvalue weighted by atomic mass is 79.9. The van der Waals surface area contributed by atoms with Crippen molar-refractivity contribution in [3.8, 4) is 22.5 Å². The van der Waals surface area contributed by atoms with Crippen LogP contribution in [0.3, 0.4) is 0 Å². The number of carbonyl (C=O) groups excluding carboxylic acids is 1. The molecule has 0 bridgehead atoms. The lowest BCUT2D eigenvalue weighted by molar-refractivity contribution is 0.0601. The smallest absolute Gasteiger partial charge is 0.337 e. The van der Waals surface area contributed by atoms with Gasteiger partial charge in [-0.25, -0.2) is 4.79 Å². The van der Waals surface area contributed by atoms with Crippen LogP contribution in [0.15, 0.2) is 61.9 Å². The van der Waals surface area contributed by atoms with Crippen LogP contribution in [0, 0.1) is 5.41 Å². The number of esters is 1. The van der Waals surface area contributed by atoms with Gasteiger partial charge in [0.2, 0.25) is 0 Å². The molecule has 5 nitrogen and oxygen atoms in total. The fourth-order valence-corrected chi connectivity index (χ4v) is 4.51. The summed E-state index contributed by atoms with van der Waals surface area (Å²) < 4.78 is 12.6. The Morgan fingerprint density at radius 1 is 1.03 bits per heavy atom. The van der Waals surface area contributed by atoms with Crippen molar-refractivity contribution in [1.82, 2.24) is 0 Å². The molecule has 0 aromatic heterocycles. The van der Waals surface area contributed by atoms with E-state index < -0.39 is 0 Å².